The van der Waals surface area contributed by atoms with Gasteiger partial charge in [-0.15, -0.1) is 0 Å². The molecule has 3 aliphatic rings. The van der Waals surface area contributed by atoms with E-state index in [-0.39, 0.29) is 0 Å². The number of aromatic nitrogens is 1. The van der Waals surface area contributed by atoms with E-state index >= 15 is 0 Å². The highest BCUT2D eigenvalue weighted by Crippen LogP contribution is 2.43. The third kappa shape index (κ3) is 7.45. The van der Waals surface area contributed by atoms with Crippen molar-refractivity contribution in [3.8, 4) is 0 Å². The summed E-state index contributed by atoms with van der Waals surface area (Å²) in [4.78, 5) is 2.75. The van der Waals surface area contributed by atoms with Crippen LogP contribution in [0.1, 0.15) is 105 Å². The van der Waals surface area contributed by atoms with E-state index in [1.807, 2.05) is 0 Å². The summed E-state index contributed by atoms with van der Waals surface area (Å²) in [6.45, 7) is 3.35. The Kier molecular flexibility index (Phi) is 9.82. The number of hydrogen-bond donors (Lipinski definition) is 1. The molecule has 0 radical (unpaired) electrons. The molecule has 2 heterocycles. The highest BCUT2D eigenvalue weighted by molar-refractivity contribution is 7.85. The fourth-order valence-electron chi connectivity index (χ4n) is 7.05. The van der Waals surface area contributed by atoms with Crippen LogP contribution in [0.4, 0.5) is 0 Å². The van der Waals surface area contributed by atoms with Crippen LogP contribution in [-0.2, 0) is 29.6 Å². The van der Waals surface area contributed by atoms with Gasteiger partial charge in [-0.05, 0) is 79.3 Å². The molecule has 1 aromatic heterocycles. The van der Waals surface area contributed by atoms with E-state index < -0.39 is 10.1 Å². The monoisotopic (exact) mass is 562 g/mol. The van der Waals surface area contributed by atoms with Gasteiger partial charge in [0.2, 0.25) is 0 Å². The third-order valence-corrected chi connectivity index (χ3v) is 8.87. The summed E-state index contributed by atoms with van der Waals surface area (Å²) in [7, 11) is -3.67. The Morgan fingerprint density at radius 2 is 1.55 bits per heavy atom. The first-order valence-electron chi connectivity index (χ1n) is 15.4. The van der Waals surface area contributed by atoms with Crippen molar-refractivity contribution in [3.63, 3.8) is 0 Å². The summed E-state index contributed by atoms with van der Waals surface area (Å²) in [6, 6.07) is 19.1. The molecule has 0 bridgehead atoms. The van der Waals surface area contributed by atoms with Crippen LogP contribution in [0.25, 0.3) is 16.5 Å². The first kappa shape index (κ1) is 29.1. The number of allylic oxidation sites excluding steroid dienone is 2. The van der Waals surface area contributed by atoms with E-state index in [0.717, 1.165) is 19.6 Å². The van der Waals surface area contributed by atoms with Gasteiger partial charge in [0.25, 0.3) is 10.1 Å². The molecule has 0 amide bonds. The molecule has 0 fully saturated rings. The number of hydrogen-bond acceptors (Lipinski definition) is 3. The number of rotatable bonds is 3. The van der Waals surface area contributed by atoms with E-state index in [9.17, 15) is 8.42 Å². The second kappa shape index (κ2) is 13.5. The largest absolute Gasteiger partial charge is 0.342 e. The minimum atomic E-state index is -3.67. The molecular weight excluding hydrogens is 516 g/mol. The minimum Gasteiger partial charge on any atom is -0.342 e. The number of nitrogens with zero attached hydrogens (tertiary/aromatic N) is 2. The predicted octanol–water partition coefficient (Wildman–Crippen LogP) is 8.34. The van der Waals surface area contributed by atoms with Crippen molar-refractivity contribution in [3.05, 3.63) is 77.0 Å². The number of fused-ring (bicyclic) bond motifs is 3. The van der Waals surface area contributed by atoms with Gasteiger partial charge in [-0.1, -0.05) is 81.0 Å². The molecule has 1 aliphatic heterocycles. The van der Waals surface area contributed by atoms with Gasteiger partial charge >= 0.3 is 0 Å². The maximum absolute atomic E-state index is 9.19. The zero-order valence-electron chi connectivity index (χ0n) is 24.2. The summed E-state index contributed by atoms with van der Waals surface area (Å²) in [6.07, 6.45) is 20.9. The standard InChI is InChI=1S/C33H42N2.CH4O3S/c1-2-4-6-11-16-27(17-12-7-5-3-1)28-20-21-31-30(24-28)29-18-13-19-32-33(29)35(31)23-22-34(32)25-26-14-9-8-10-15-26;1-5(2,3)4/h8-10,14-16,20-21,24,32H,1-7,11-13,17-19,22-23,25H2;1H3,(H,2,3,4)/b27-16+;. The van der Waals surface area contributed by atoms with Gasteiger partial charge in [0.15, 0.2) is 0 Å². The third-order valence-electron chi connectivity index (χ3n) is 8.87. The zero-order chi connectivity index (χ0) is 28.0. The van der Waals surface area contributed by atoms with Gasteiger partial charge in [0.1, 0.15) is 0 Å². The van der Waals surface area contributed by atoms with Crippen LogP contribution in [0.2, 0.25) is 0 Å². The van der Waals surface area contributed by atoms with E-state index in [4.69, 9.17) is 4.55 Å². The van der Waals surface area contributed by atoms with E-state index in [1.54, 1.807) is 22.2 Å². The molecule has 6 heteroatoms. The predicted molar refractivity (Wildman–Crippen MR) is 166 cm³/mol. The van der Waals surface area contributed by atoms with Gasteiger partial charge in [0.05, 0.1) is 12.3 Å². The lowest BCUT2D eigenvalue weighted by molar-refractivity contribution is 0.133. The van der Waals surface area contributed by atoms with Crippen molar-refractivity contribution in [2.75, 3.05) is 12.8 Å². The van der Waals surface area contributed by atoms with Gasteiger partial charge in [-0.2, -0.15) is 8.42 Å². The van der Waals surface area contributed by atoms with Gasteiger partial charge in [-0.25, -0.2) is 0 Å². The Hall–Kier alpha value is -2.41. The second-order valence-corrected chi connectivity index (χ2v) is 13.4. The van der Waals surface area contributed by atoms with E-state index in [1.165, 1.54) is 100 Å². The summed E-state index contributed by atoms with van der Waals surface area (Å²) in [5.74, 6) is 0. The normalized spacial score (nSPS) is 22.1. The average Bonchev–Trinajstić information content (AvgIpc) is 3.24. The van der Waals surface area contributed by atoms with Crippen molar-refractivity contribution in [2.24, 2.45) is 0 Å². The fraction of sp³-hybridized carbons (Fsp3) is 0.529. The summed E-state index contributed by atoms with van der Waals surface area (Å²) < 4.78 is 28.6. The molecule has 1 unspecified atom stereocenters. The molecule has 2 aromatic carbocycles. The quantitative estimate of drug-likeness (QED) is 0.326. The van der Waals surface area contributed by atoms with Crippen molar-refractivity contribution in [2.45, 2.75) is 103 Å². The Balaban J connectivity index is 0.000000595. The smallest absolute Gasteiger partial charge is 0.261 e. The molecule has 1 N–H and O–H groups in total. The molecule has 0 saturated heterocycles. The van der Waals surface area contributed by atoms with Crippen molar-refractivity contribution >= 4 is 26.6 Å². The summed E-state index contributed by atoms with van der Waals surface area (Å²) in [5.41, 5.74) is 9.33. The summed E-state index contributed by atoms with van der Waals surface area (Å²) >= 11 is 0. The molecule has 0 saturated carbocycles. The highest BCUT2D eigenvalue weighted by atomic mass is 32.2. The van der Waals surface area contributed by atoms with Crippen LogP contribution in [0.5, 0.6) is 0 Å². The fourth-order valence-corrected chi connectivity index (χ4v) is 7.05. The Bertz CT molecular complexity index is 1400. The zero-order valence-corrected chi connectivity index (χ0v) is 25.0. The van der Waals surface area contributed by atoms with Crippen molar-refractivity contribution in [1.82, 2.24) is 9.47 Å². The lowest BCUT2D eigenvalue weighted by Crippen LogP contribution is -2.39. The van der Waals surface area contributed by atoms with Crippen molar-refractivity contribution < 1.29 is 13.0 Å². The molecule has 6 rings (SSSR count). The Labute approximate surface area is 241 Å². The van der Waals surface area contributed by atoms with Crippen LogP contribution in [-0.4, -0.2) is 35.2 Å². The van der Waals surface area contributed by atoms with Crippen molar-refractivity contribution in [1.29, 1.82) is 0 Å². The molecule has 2 aliphatic carbocycles. The Morgan fingerprint density at radius 1 is 0.850 bits per heavy atom. The van der Waals surface area contributed by atoms with Crippen LogP contribution in [0, 0.1) is 0 Å². The molecule has 40 heavy (non-hydrogen) atoms. The van der Waals surface area contributed by atoms with Gasteiger partial charge in [0, 0.05) is 36.2 Å². The number of benzene rings is 2. The minimum absolute atomic E-state index is 0.573. The second-order valence-electron chi connectivity index (χ2n) is 11.9. The van der Waals surface area contributed by atoms with Gasteiger partial charge < -0.3 is 4.57 Å². The summed E-state index contributed by atoms with van der Waals surface area (Å²) in [5, 5.41) is 1.55. The van der Waals surface area contributed by atoms with Crippen LogP contribution >= 0.6 is 0 Å². The van der Waals surface area contributed by atoms with Crippen LogP contribution in [0.15, 0.2) is 54.6 Å². The van der Waals surface area contributed by atoms with Gasteiger partial charge in [-0.3, -0.25) is 9.45 Å². The SMILES string of the molecule is C1=C(/c2ccc3c(c2)c2c4n3CCN(Cc3ccccc3)C4CCC2)CCCCCCCCCC/1.CS(=O)(=O)O. The molecule has 216 valence electrons. The molecular formula is C34H46N2O3S. The van der Waals surface area contributed by atoms with E-state index in [2.05, 4.69) is 64.1 Å². The lowest BCUT2D eigenvalue weighted by atomic mass is 9.88. The van der Waals surface area contributed by atoms with Crippen LogP contribution < -0.4 is 0 Å². The molecule has 5 nitrogen and oxygen atoms in total. The maximum atomic E-state index is 9.19. The van der Waals surface area contributed by atoms with Crippen LogP contribution in [0.3, 0.4) is 0 Å². The number of aryl methyl sites for hydroxylation is 1. The molecule has 3 aromatic rings. The van der Waals surface area contributed by atoms with E-state index in [0.29, 0.717) is 12.3 Å². The Morgan fingerprint density at radius 3 is 2.30 bits per heavy atom. The maximum Gasteiger partial charge on any atom is 0.261 e. The highest BCUT2D eigenvalue weighted by Gasteiger charge is 2.34. The topological polar surface area (TPSA) is 62.5 Å². The molecule has 1 atom stereocenters. The first-order valence-corrected chi connectivity index (χ1v) is 17.3. The molecule has 0 spiro atoms. The lowest BCUT2D eigenvalue weighted by Gasteiger charge is -2.40. The average molecular weight is 563 g/mol. The first-order chi connectivity index (χ1) is 19.4.